The highest BCUT2D eigenvalue weighted by Gasteiger charge is 2.33. The highest BCUT2D eigenvalue weighted by atomic mass is 19.4. The molecule has 2 aliphatic rings. The molecule has 1 unspecified atom stereocenters. The molecule has 0 amide bonds. The fourth-order valence-corrected chi connectivity index (χ4v) is 4.95. The van der Waals surface area contributed by atoms with Gasteiger partial charge in [-0.05, 0) is 79.7 Å². The van der Waals surface area contributed by atoms with E-state index in [9.17, 15) is 23.1 Å². The van der Waals surface area contributed by atoms with Gasteiger partial charge in [0.05, 0.1) is 12.0 Å². The Bertz CT molecular complexity index is 942. The molecule has 0 radical (unpaired) electrons. The van der Waals surface area contributed by atoms with E-state index in [1.165, 1.54) is 23.2 Å². The molecular formula is C27H36F3NO2. The molecule has 1 atom stereocenters. The van der Waals surface area contributed by atoms with Gasteiger partial charge in [-0.15, -0.1) is 0 Å². The molecule has 2 aliphatic carbocycles. The van der Waals surface area contributed by atoms with Crippen LogP contribution >= 0.6 is 0 Å². The van der Waals surface area contributed by atoms with Gasteiger partial charge in [0.1, 0.15) is 0 Å². The molecule has 1 heterocycles. The Labute approximate surface area is 195 Å². The van der Waals surface area contributed by atoms with Crippen molar-refractivity contribution in [3.63, 3.8) is 0 Å². The zero-order chi connectivity index (χ0) is 24.2. The third kappa shape index (κ3) is 6.21. The van der Waals surface area contributed by atoms with Gasteiger partial charge in [0, 0.05) is 23.9 Å². The van der Waals surface area contributed by atoms with E-state index in [1.807, 2.05) is 0 Å². The van der Waals surface area contributed by atoms with Crippen LogP contribution in [-0.2, 0) is 36.8 Å². The summed E-state index contributed by atoms with van der Waals surface area (Å²) in [5.74, 6) is 0.0781. The topological polar surface area (TPSA) is 42.2 Å². The lowest BCUT2D eigenvalue weighted by atomic mass is 9.82. The Balaban J connectivity index is 0.000000555. The van der Waals surface area contributed by atoms with Crippen molar-refractivity contribution in [1.82, 2.24) is 4.57 Å². The Morgan fingerprint density at radius 3 is 2.24 bits per heavy atom. The third-order valence-electron chi connectivity index (χ3n) is 6.95. The van der Waals surface area contributed by atoms with Crippen LogP contribution in [0.2, 0.25) is 0 Å². The van der Waals surface area contributed by atoms with Crippen molar-refractivity contribution in [1.29, 1.82) is 0 Å². The number of carboxylic acids is 1. The van der Waals surface area contributed by atoms with Gasteiger partial charge in [-0.2, -0.15) is 13.2 Å². The molecule has 3 nitrogen and oxygen atoms in total. The molecule has 4 rings (SSSR count). The van der Waals surface area contributed by atoms with Gasteiger partial charge in [0.2, 0.25) is 0 Å². The number of halogens is 3. The van der Waals surface area contributed by atoms with E-state index in [4.69, 9.17) is 0 Å². The van der Waals surface area contributed by atoms with Crippen LogP contribution in [0.4, 0.5) is 13.2 Å². The van der Waals surface area contributed by atoms with Crippen molar-refractivity contribution < 1.29 is 23.1 Å². The van der Waals surface area contributed by atoms with Crippen LogP contribution in [0.5, 0.6) is 0 Å². The largest absolute Gasteiger partial charge is 0.481 e. The standard InChI is InChI=1S/C22H24F3NO2.C5H12/c23-22(24,25)16-10-8-14(9-11-16)13-26-19-7-2-1-5-17(19)18-6-3-4-15(21(18)26)12-20(27)28;1-4-5(2)3/h8-11,15H,1-7,12-13H2,(H,27,28);5H,4H2,1-3H3. The minimum Gasteiger partial charge on any atom is -0.481 e. The second-order valence-corrected chi connectivity index (χ2v) is 9.77. The Kier molecular flexibility index (Phi) is 8.30. The molecule has 6 heteroatoms. The second-order valence-electron chi connectivity index (χ2n) is 9.77. The molecule has 1 aromatic carbocycles. The molecule has 0 fully saturated rings. The molecule has 0 aliphatic heterocycles. The van der Waals surface area contributed by atoms with Crippen LogP contribution in [0.15, 0.2) is 24.3 Å². The maximum absolute atomic E-state index is 12.9. The molecule has 1 N–H and O–H groups in total. The van der Waals surface area contributed by atoms with Crippen LogP contribution in [0.1, 0.15) is 98.9 Å². The number of fused-ring (bicyclic) bond motifs is 3. The predicted octanol–water partition coefficient (Wildman–Crippen LogP) is 7.38. The number of carboxylic acid groups (broad SMARTS) is 1. The van der Waals surface area contributed by atoms with Crippen LogP contribution < -0.4 is 0 Å². The normalized spacial score (nSPS) is 17.7. The van der Waals surface area contributed by atoms with Gasteiger partial charge >= 0.3 is 12.1 Å². The number of alkyl halides is 3. The van der Waals surface area contributed by atoms with Gasteiger partial charge < -0.3 is 9.67 Å². The number of rotatable bonds is 5. The fourth-order valence-electron chi connectivity index (χ4n) is 4.95. The Morgan fingerprint density at radius 2 is 1.67 bits per heavy atom. The Morgan fingerprint density at radius 1 is 1.06 bits per heavy atom. The minimum absolute atomic E-state index is 0.0127. The minimum atomic E-state index is -4.34. The highest BCUT2D eigenvalue weighted by Crippen LogP contribution is 2.42. The first-order valence-corrected chi connectivity index (χ1v) is 12.2. The summed E-state index contributed by atoms with van der Waals surface area (Å²) in [4.78, 5) is 11.4. The van der Waals surface area contributed by atoms with Crippen LogP contribution in [0, 0.1) is 5.92 Å². The molecule has 1 aromatic heterocycles. The van der Waals surface area contributed by atoms with E-state index in [-0.39, 0.29) is 12.3 Å². The SMILES string of the molecule is CCC(C)C.O=C(O)CC1CCCc2c3c(n(Cc4ccc(C(F)(F)F)cc4)c21)CCCC3. The van der Waals surface area contributed by atoms with Gasteiger partial charge in [-0.1, -0.05) is 39.3 Å². The number of hydrogen-bond donors (Lipinski definition) is 1. The highest BCUT2D eigenvalue weighted by molar-refractivity contribution is 5.68. The summed E-state index contributed by atoms with van der Waals surface area (Å²) >= 11 is 0. The predicted molar refractivity (Wildman–Crippen MR) is 125 cm³/mol. The smallest absolute Gasteiger partial charge is 0.416 e. The number of aromatic nitrogens is 1. The first kappa shape index (κ1) is 25.4. The van der Waals surface area contributed by atoms with E-state index < -0.39 is 17.7 Å². The van der Waals surface area contributed by atoms with E-state index in [2.05, 4.69) is 25.3 Å². The average Bonchev–Trinajstić information content (AvgIpc) is 3.08. The van der Waals surface area contributed by atoms with Crippen molar-refractivity contribution in [2.24, 2.45) is 5.92 Å². The summed E-state index contributed by atoms with van der Waals surface area (Å²) < 4.78 is 40.8. The maximum atomic E-state index is 12.9. The van der Waals surface area contributed by atoms with E-state index >= 15 is 0 Å². The van der Waals surface area contributed by atoms with Crippen molar-refractivity contribution in [2.75, 3.05) is 0 Å². The van der Waals surface area contributed by atoms with Crippen LogP contribution in [0.3, 0.4) is 0 Å². The third-order valence-corrected chi connectivity index (χ3v) is 6.95. The molecule has 0 spiro atoms. The van der Waals surface area contributed by atoms with Crippen molar-refractivity contribution in [3.05, 3.63) is 57.9 Å². The Hall–Kier alpha value is -2.24. The summed E-state index contributed by atoms with van der Waals surface area (Å²) in [6, 6.07) is 5.35. The van der Waals surface area contributed by atoms with Crippen LogP contribution in [0.25, 0.3) is 0 Å². The van der Waals surface area contributed by atoms with E-state index in [0.717, 1.165) is 74.3 Å². The molecule has 0 saturated heterocycles. The second kappa shape index (κ2) is 10.8. The lowest BCUT2D eigenvalue weighted by Gasteiger charge is -2.25. The summed E-state index contributed by atoms with van der Waals surface area (Å²) in [6.07, 6.45) is 4.16. The fraction of sp³-hybridized carbons (Fsp3) is 0.593. The number of nitrogens with zero attached hydrogens (tertiary/aromatic N) is 1. The number of benzene rings is 1. The quantitative estimate of drug-likeness (QED) is 0.503. The zero-order valence-corrected chi connectivity index (χ0v) is 20.0. The van der Waals surface area contributed by atoms with Crippen molar-refractivity contribution in [2.45, 2.75) is 97.2 Å². The molecular weight excluding hydrogens is 427 g/mol. The van der Waals surface area contributed by atoms with Gasteiger partial charge in [0.15, 0.2) is 0 Å². The molecule has 2 aromatic rings. The summed E-state index contributed by atoms with van der Waals surface area (Å²) in [5, 5.41) is 9.37. The van der Waals surface area contributed by atoms with E-state index in [0.29, 0.717) is 6.54 Å². The van der Waals surface area contributed by atoms with Gasteiger partial charge in [0.25, 0.3) is 0 Å². The first-order valence-electron chi connectivity index (χ1n) is 12.2. The zero-order valence-electron chi connectivity index (χ0n) is 20.0. The maximum Gasteiger partial charge on any atom is 0.416 e. The lowest BCUT2D eigenvalue weighted by molar-refractivity contribution is -0.138. The molecule has 33 heavy (non-hydrogen) atoms. The number of hydrogen-bond acceptors (Lipinski definition) is 1. The van der Waals surface area contributed by atoms with Gasteiger partial charge in [-0.3, -0.25) is 4.79 Å². The number of aliphatic carboxylic acids is 1. The average molecular weight is 464 g/mol. The lowest BCUT2D eigenvalue weighted by Crippen LogP contribution is -2.18. The number of carbonyl (C=O) groups is 1. The summed E-state index contributed by atoms with van der Waals surface area (Å²) in [7, 11) is 0. The van der Waals surface area contributed by atoms with E-state index in [1.54, 1.807) is 12.1 Å². The molecule has 182 valence electrons. The summed E-state index contributed by atoms with van der Waals surface area (Å²) in [5.41, 5.74) is 5.27. The monoisotopic (exact) mass is 463 g/mol. The molecule has 0 saturated carbocycles. The molecule has 0 bridgehead atoms. The van der Waals surface area contributed by atoms with Crippen LogP contribution in [-0.4, -0.2) is 15.6 Å². The van der Waals surface area contributed by atoms with Crippen molar-refractivity contribution >= 4 is 5.97 Å². The van der Waals surface area contributed by atoms with Gasteiger partial charge in [-0.25, -0.2) is 0 Å². The summed E-state index contributed by atoms with van der Waals surface area (Å²) in [6.45, 7) is 7.15. The van der Waals surface area contributed by atoms with Crippen molar-refractivity contribution in [3.8, 4) is 0 Å². The first-order chi connectivity index (χ1) is 15.6.